The number of Topliss-reactive ketones (excluding diaryl/α,β-unsaturated/α-hetero) is 1. The van der Waals surface area contributed by atoms with Gasteiger partial charge in [0.15, 0.2) is 5.78 Å². The van der Waals surface area contributed by atoms with Gasteiger partial charge in [-0.1, -0.05) is 18.2 Å². The molecule has 1 atom stereocenters. The van der Waals surface area contributed by atoms with E-state index in [9.17, 15) is 9.59 Å². The number of fused-ring (bicyclic) bond motifs is 1. The van der Waals surface area contributed by atoms with Gasteiger partial charge < -0.3 is 9.47 Å². The van der Waals surface area contributed by atoms with Crippen LogP contribution in [0.5, 0.6) is 5.75 Å². The Balaban J connectivity index is 1.97. The third-order valence-corrected chi connectivity index (χ3v) is 2.63. The molecule has 0 amide bonds. The molecule has 1 aromatic carbocycles. The minimum atomic E-state index is -0.366. The number of carbonyl (C=O) groups is 2. The molecular weight excluding hydrogens is 220 g/mol. The molecule has 0 bridgehead atoms. The second-order valence-corrected chi connectivity index (χ2v) is 4.13. The van der Waals surface area contributed by atoms with E-state index in [4.69, 9.17) is 9.47 Å². The number of rotatable bonds is 3. The highest BCUT2D eigenvalue weighted by molar-refractivity contribution is 5.81. The van der Waals surface area contributed by atoms with Crippen molar-refractivity contribution in [3.8, 4) is 5.75 Å². The average molecular weight is 234 g/mol. The zero-order valence-corrected chi connectivity index (χ0v) is 9.64. The van der Waals surface area contributed by atoms with Gasteiger partial charge in [0.1, 0.15) is 19.0 Å². The van der Waals surface area contributed by atoms with Crippen LogP contribution in [0, 0.1) is 5.92 Å². The molecule has 90 valence electrons. The van der Waals surface area contributed by atoms with Gasteiger partial charge >= 0.3 is 5.97 Å². The Bertz CT molecular complexity index is 439. The van der Waals surface area contributed by atoms with Crippen LogP contribution in [0.3, 0.4) is 0 Å². The quantitative estimate of drug-likeness (QED) is 0.741. The van der Waals surface area contributed by atoms with Gasteiger partial charge in [-0.2, -0.15) is 0 Å². The van der Waals surface area contributed by atoms with Crippen molar-refractivity contribution in [3.63, 3.8) is 0 Å². The lowest BCUT2D eigenvalue weighted by atomic mass is 9.97. The zero-order chi connectivity index (χ0) is 12.3. The van der Waals surface area contributed by atoms with E-state index in [1.165, 1.54) is 6.92 Å². The van der Waals surface area contributed by atoms with Crippen LogP contribution in [0.2, 0.25) is 0 Å². The van der Waals surface area contributed by atoms with Crippen molar-refractivity contribution in [1.82, 2.24) is 0 Å². The molecule has 4 nitrogen and oxygen atoms in total. The summed E-state index contributed by atoms with van der Waals surface area (Å²) in [6, 6.07) is 7.62. The fraction of sp³-hybridized carbons (Fsp3) is 0.385. The summed E-state index contributed by atoms with van der Waals surface area (Å²) in [6.07, 6.45) is 0.604. The van der Waals surface area contributed by atoms with Gasteiger partial charge in [0.2, 0.25) is 0 Å². The monoisotopic (exact) mass is 234 g/mol. The van der Waals surface area contributed by atoms with Crippen molar-refractivity contribution < 1.29 is 19.1 Å². The summed E-state index contributed by atoms with van der Waals surface area (Å²) in [5.41, 5.74) is 1.00. The summed E-state index contributed by atoms with van der Waals surface area (Å²) in [7, 11) is 0. The molecule has 1 aliphatic rings. The van der Waals surface area contributed by atoms with Gasteiger partial charge in [0.05, 0.1) is 5.92 Å². The zero-order valence-electron chi connectivity index (χ0n) is 9.64. The van der Waals surface area contributed by atoms with Gasteiger partial charge in [-0.15, -0.1) is 0 Å². The van der Waals surface area contributed by atoms with E-state index in [0.717, 1.165) is 11.3 Å². The van der Waals surface area contributed by atoms with Crippen molar-refractivity contribution in [2.45, 2.75) is 13.3 Å². The first kappa shape index (κ1) is 11.6. The number of benzene rings is 1. The van der Waals surface area contributed by atoms with E-state index >= 15 is 0 Å². The Kier molecular flexibility index (Phi) is 3.42. The second-order valence-electron chi connectivity index (χ2n) is 4.13. The maximum absolute atomic E-state index is 11.7. The van der Waals surface area contributed by atoms with E-state index in [0.29, 0.717) is 13.0 Å². The highest BCUT2D eigenvalue weighted by atomic mass is 16.5. The Morgan fingerprint density at radius 3 is 2.94 bits per heavy atom. The molecule has 2 rings (SSSR count). The lowest BCUT2D eigenvalue weighted by Gasteiger charge is -2.23. The predicted octanol–water partition coefficient (Wildman–Crippen LogP) is 1.37. The SMILES string of the molecule is CC(=O)COC(=O)C1COc2ccccc2C1. The van der Waals surface area contributed by atoms with Crippen LogP contribution in [0.1, 0.15) is 12.5 Å². The van der Waals surface area contributed by atoms with Crippen molar-refractivity contribution in [2.75, 3.05) is 13.2 Å². The maximum Gasteiger partial charge on any atom is 0.313 e. The summed E-state index contributed by atoms with van der Waals surface area (Å²) in [4.78, 5) is 22.4. The molecule has 0 spiro atoms. The van der Waals surface area contributed by atoms with Crippen molar-refractivity contribution in [3.05, 3.63) is 29.8 Å². The highest BCUT2D eigenvalue weighted by Gasteiger charge is 2.27. The van der Waals surface area contributed by atoms with E-state index in [-0.39, 0.29) is 24.3 Å². The van der Waals surface area contributed by atoms with E-state index in [1.807, 2.05) is 24.3 Å². The van der Waals surface area contributed by atoms with Gasteiger partial charge in [-0.3, -0.25) is 9.59 Å². The Hall–Kier alpha value is -1.84. The number of ketones is 1. The first-order valence-electron chi connectivity index (χ1n) is 5.53. The van der Waals surface area contributed by atoms with Crippen molar-refractivity contribution >= 4 is 11.8 Å². The molecule has 0 saturated heterocycles. The molecule has 4 heteroatoms. The van der Waals surface area contributed by atoms with Crippen LogP contribution < -0.4 is 4.74 Å². The predicted molar refractivity (Wildman–Crippen MR) is 60.8 cm³/mol. The Morgan fingerprint density at radius 1 is 1.41 bits per heavy atom. The third kappa shape index (κ3) is 2.84. The molecule has 1 aromatic rings. The number of ether oxygens (including phenoxy) is 2. The summed E-state index contributed by atoms with van der Waals surface area (Å²) >= 11 is 0. The smallest absolute Gasteiger partial charge is 0.313 e. The number of para-hydroxylation sites is 1. The number of hydrogen-bond acceptors (Lipinski definition) is 4. The summed E-state index contributed by atoms with van der Waals surface area (Å²) in [6.45, 7) is 1.55. The van der Waals surface area contributed by atoms with E-state index in [2.05, 4.69) is 0 Å². The van der Waals surface area contributed by atoms with Crippen LogP contribution >= 0.6 is 0 Å². The average Bonchev–Trinajstić information content (AvgIpc) is 2.35. The molecule has 0 fully saturated rings. The fourth-order valence-electron chi connectivity index (χ4n) is 1.77. The van der Waals surface area contributed by atoms with Crippen LogP contribution in [0.4, 0.5) is 0 Å². The molecule has 0 aromatic heterocycles. The van der Waals surface area contributed by atoms with Crippen LogP contribution in [0.15, 0.2) is 24.3 Å². The molecule has 1 aliphatic heterocycles. The second kappa shape index (κ2) is 4.99. The Labute approximate surface area is 99.5 Å². The first-order valence-corrected chi connectivity index (χ1v) is 5.53. The minimum absolute atomic E-state index is 0.156. The standard InChI is InChI=1S/C13H14O4/c1-9(14)7-17-13(15)11-6-10-4-2-3-5-12(10)16-8-11/h2-5,11H,6-8H2,1H3. The van der Waals surface area contributed by atoms with Crippen molar-refractivity contribution in [2.24, 2.45) is 5.92 Å². The van der Waals surface area contributed by atoms with Crippen molar-refractivity contribution in [1.29, 1.82) is 0 Å². The van der Waals surface area contributed by atoms with Crippen LogP contribution in [-0.4, -0.2) is 25.0 Å². The maximum atomic E-state index is 11.7. The topological polar surface area (TPSA) is 52.6 Å². The number of carbonyl (C=O) groups excluding carboxylic acids is 2. The number of esters is 1. The summed E-state index contributed by atoms with van der Waals surface area (Å²) < 4.78 is 10.4. The van der Waals surface area contributed by atoms with Crippen LogP contribution in [0.25, 0.3) is 0 Å². The molecule has 0 aliphatic carbocycles. The Morgan fingerprint density at radius 2 is 2.18 bits per heavy atom. The normalized spacial score (nSPS) is 17.8. The molecular formula is C13H14O4. The summed E-state index contributed by atoms with van der Waals surface area (Å²) in [5.74, 6) is -0.0162. The lowest BCUT2D eigenvalue weighted by molar-refractivity contribution is -0.153. The van der Waals surface area contributed by atoms with Gasteiger partial charge in [-0.25, -0.2) is 0 Å². The summed E-state index contributed by atoms with van der Waals surface area (Å²) in [5, 5.41) is 0. The molecule has 0 radical (unpaired) electrons. The lowest BCUT2D eigenvalue weighted by Crippen LogP contribution is -2.30. The highest BCUT2D eigenvalue weighted by Crippen LogP contribution is 2.27. The third-order valence-electron chi connectivity index (χ3n) is 2.63. The minimum Gasteiger partial charge on any atom is -0.492 e. The molecule has 1 unspecified atom stereocenters. The van der Waals surface area contributed by atoms with Gasteiger partial charge in [0.25, 0.3) is 0 Å². The molecule has 1 heterocycles. The molecule has 0 saturated carbocycles. The van der Waals surface area contributed by atoms with Gasteiger partial charge in [0, 0.05) is 0 Å². The number of hydrogen-bond donors (Lipinski definition) is 0. The van der Waals surface area contributed by atoms with Crippen LogP contribution in [-0.2, 0) is 20.7 Å². The van der Waals surface area contributed by atoms with E-state index < -0.39 is 0 Å². The molecule has 0 N–H and O–H groups in total. The van der Waals surface area contributed by atoms with Gasteiger partial charge in [-0.05, 0) is 25.0 Å². The first-order chi connectivity index (χ1) is 8.16. The largest absolute Gasteiger partial charge is 0.492 e. The molecule has 17 heavy (non-hydrogen) atoms. The van der Waals surface area contributed by atoms with E-state index in [1.54, 1.807) is 0 Å². The fourth-order valence-corrected chi connectivity index (χ4v) is 1.77.